The van der Waals surface area contributed by atoms with Gasteiger partial charge in [0.1, 0.15) is 5.75 Å². The minimum absolute atomic E-state index is 0.0772. The molecule has 1 N–H and O–H groups in total. The summed E-state index contributed by atoms with van der Waals surface area (Å²) in [6.45, 7) is 2.75. The number of hydrogen-bond donors (Lipinski definition) is 1. The second-order valence-electron chi connectivity index (χ2n) is 6.28. The van der Waals surface area contributed by atoms with E-state index in [9.17, 15) is 9.59 Å². The van der Waals surface area contributed by atoms with Crippen molar-refractivity contribution < 1.29 is 14.3 Å². The normalized spacial score (nSPS) is 16.7. The van der Waals surface area contributed by atoms with Gasteiger partial charge in [0.15, 0.2) is 5.13 Å². The molecule has 0 saturated carbocycles. The molecule has 2 heterocycles. The Kier molecular flexibility index (Phi) is 4.77. The third kappa shape index (κ3) is 3.50. The molecule has 0 aliphatic carbocycles. The fraction of sp³-hybridized carbons (Fsp3) is 0.250. The molecule has 1 aliphatic heterocycles. The zero-order valence-corrected chi connectivity index (χ0v) is 15.7. The van der Waals surface area contributed by atoms with Crippen LogP contribution in [0, 0.1) is 5.92 Å². The highest BCUT2D eigenvalue weighted by atomic mass is 32.1. The van der Waals surface area contributed by atoms with Gasteiger partial charge in [-0.15, -0.1) is 0 Å². The molecule has 1 atom stereocenters. The van der Waals surface area contributed by atoms with Crippen molar-refractivity contribution in [2.24, 2.45) is 5.92 Å². The molecule has 1 unspecified atom stereocenters. The van der Waals surface area contributed by atoms with Crippen LogP contribution >= 0.6 is 11.3 Å². The Hall–Kier alpha value is -2.93. The zero-order chi connectivity index (χ0) is 18.8. The van der Waals surface area contributed by atoms with Crippen LogP contribution in [0.4, 0.5) is 10.8 Å². The third-order valence-corrected chi connectivity index (χ3v) is 5.43. The molecule has 7 heteroatoms. The Balaban J connectivity index is 1.49. The van der Waals surface area contributed by atoms with Crippen LogP contribution in [0.5, 0.6) is 5.75 Å². The summed E-state index contributed by atoms with van der Waals surface area (Å²) < 4.78 is 6.64. The molecule has 2 aromatic carbocycles. The number of thiazole rings is 1. The average Bonchev–Trinajstić information content (AvgIpc) is 3.25. The Morgan fingerprint density at radius 1 is 1.26 bits per heavy atom. The number of carbonyl (C=O) groups is 2. The maximum atomic E-state index is 12.7. The van der Waals surface area contributed by atoms with Crippen LogP contribution in [0.1, 0.15) is 13.3 Å². The van der Waals surface area contributed by atoms with E-state index >= 15 is 0 Å². The fourth-order valence-electron chi connectivity index (χ4n) is 3.21. The summed E-state index contributed by atoms with van der Waals surface area (Å²) in [6.07, 6.45) is 0.178. The molecule has 27 heavy (non-hydrogen) atoms. The third-order valence-electron chi connectivity index (χ3n) is 4.48. The summed E-state index contributed by atoms with van der Waals surface area (Å²) >= 11 is 1.43. The Morgan fingerprint density at radius 3 is 2.85 bits per heavy atom. The summed E-state index contributed by atoms with van der Waals surface area (Å²) in [5, 5.41) is 3.42. The molecule has 1 aliphatic rings. The molecule has 1 saturated heterocycles. The molecule has 138 valence electrons. The Morgan fingerprint density at radius 2 is 2.04 bits per heavy atom. The number of nitrogens with one attached hydrogen (secondary N) is 1. The second kappa shape index (κ2) is 7.36. The smallest absolute Gasteiger partial charge is 0.231 e. The lowest BCUT2D eigenvalue weighted by atomic mass is 10.1. The van der Waals surface area contributed by atoms with Crippen molar-refractivity contribution >= 4 is 44.2 Å². The molecule has 0 radical (unpaired) electrons. The van der Waals surface area contributed by atoms with Gasteiger partial charge in [-0.25, -0.2) is 4.98 Å². The van der Waals surface area contributed by atoms with Crippen LogP contribution in [0.15, 0.2) is 48.5 Å². The molecule has 1 aromatic heterocycles. The van der Waals surface area contributed by atoms with Gasteiger partial charge in [0, 0.05) is 13.0 Å². The minimum atomic E-state index is -0.417. The van der Waals surface area contributed by atoms with E-state index in [0.29, 0.717) is 29.7 Å². The van der Waals surface area contributed by atoms with Gasteiger partial charge in [0.05, 0.1) is 28.4 Å². The number of rotatable bonds is 5. The average molecular weight is 381 g/mol. The van der Waals surface area contributed by atoms with Crippen LogP contribution in [-0.4, -0.2) is 29.9 Å². The number of ether oxygens (including phenoxy) is 1. The van der Waals surface area contributed by atoms with Crippen molar-refractivity contribution in [3.8, 4) is 5.75 Å². The van der Waals surface area contributed by atoms with Gasteiger partial charge in [0.2, 0.25) is 11.8 Å². The van der Waals surface area contributed by atoms with Crippen molar-refractivity contribution in [3.63, 3.8) is 0 Å². The molecular weight excluding hydrogens is 362 g/mol. The molecule has 1 fully saturated rings. The minimum Gasteiger partial charge on any atom is -0.492 e. The number of hydrogen-bond acceptors (Lipinski definition) is 5. The van der Waals surface area contributed by atoms with Crippen LogP contribution in [0.3, 0.4) is 0 Å². The molecule has 6 nitrogen and oxygen atoms in total. The lowest BCUT2D eigenvalue weighted by molar-refractivity contribution is -0.122. The SMILES string of the molecule is CCOc1ccccc1N1CC(C(=O)Nc2nc3ccccc3s2)CC1=O. The number of anilines is 2. The number of para-hydroxylation sites is 3. The van der Waals surface area contributed by atoms with Gasteiger partial charge in [-0.1, -0.05) is 35.6 Å². The van der Waals surface area contributed by atoms with Gasteiger partial charge in [-0.05, 0) is 31.2 Å². The van der Waals surface area contributed by atoms with Crippen LogP contribution < -0.4 is 15.0 Å². The standard InChI is InChI=1S/C20H19N3O3S/c1-2-26-16-9-5-4-8-15(16)23-12-13(11-18(23)24)19(25)22-20-21-14-7-3-6-10-17(14)27-20/h3-10,13H,2,11-12H2,1H3,(H,21,22,25). The number of benzene rings is 2. The fourth-order valence-corrected chi connectivity index (χ4v) is 4.08. The monoisotopic (exact) mass is 381 g/mol. The van der Waals surface area contributed by atoms with Crippen molar-refractivity contribution in [1.29, 1.82) is 0 Å². The molecule has 3 aromatic rings. The summed E-state index contributed by atoms with van der Waals surface area (Å²) in [5.41, 5.74) is 1.56. The van der Waals surface area contributed by atoms with E-state index in [4.69, 9.17) is 4.74 Å². The van der Waals surface area contributed by atoms with Gasteiger partial charge in [0.25, 0.3) is 0 Å². The number of aromatic nitrogens is 1. The van der Waals surface area contributed by atoms with E-state index in [1.165, 1.54) is 11.3 Å². The molecule has 4 rings (SSSR count). The maximum absolute atomic E-state index is 12.7. The van der Waals surface area contributed by atoms with Crippen LogP contribution in [0.25, 0.3) is 10.2 Å². The first-order valence-electron chi connectivity index (χ1n) is 8.84. The summed E-state index contributed by atoms with van der Waals surface area (Å²) in [5.74, 6) is -0.0230. The summed E-state index contributed by atoms with van der Waals surface area (Å²) in [7, 11) is 0. The lowest BCUT2D eigenvalue weighted by Gasteiger charge is -2.20. The van der Waals surface area contributed by atoms with Crippen LogP contribution in [0.2, 0.25) is 0 Å². The number of nitrogens with zero attached hydrogens (tertiary/aromatic N) is 2. The molecule has 2 amide bonds. The van der Waals surface area contributed by atoms with Gasteiger partial charge in [-0.3, -0.25) is 9.59 Å². The van der Waals surface area contributed by atoms with Gasteiger partial charge < -0.3 is 15.0 Å². The highest BCUT2D eigenvalue weighted by Crippen LogP contribution is 2.34. The van der Waals surface area contributed by atoms with Gasteiger partial charge >= 0.3 is 0 Å². The van der Waals surface area contributed by atoms with E-state index in [-0.39, 0.29) is 18.2 Å². The first-order valence-corrected chi connectivity index (χ1v) is 9.66. The topological polar surface area (TPSA) is 71.5 Å². The van der Waals surface area contributed by atoms with E-state index < -0.39 is 5.92 Å². The van der Waals surface area contributed by atoms with E-state index in [1.54, 1.807) is 4.90 Å². The van der Waals surface area contributed by atoms with E-state index in [0.717, 1.165) is 10.2 Å². The molecular formula is C20H19N3O3S. The van der Waals surface area contributed by atoms with Gasteiger partial charge in [-0.2, -0.15) is 0 Å². The molecule has 0 bridgehead atoms. The highest BCUT2D eigenvalue weighted by Gasteiger charge is 2.36. The first kappa shape index (κ1) is 17.5. The summed E-state index contributed by atoms with van der Waals surface area (Å²) in [6, 6.07) is 15.1. The van der Waals surface area contributed by atoms with E-state index in [1.807, 2.05) is 55.5 Å². The lowest BCUT2D eigenvalue weighted by Crippen LogP contribution is -2.28. The summed E-state index contributed by atoms with van der Waals surface area (Å²) in [4.78, 5) is 31.2. The first-order chi connectivity index (χ1) is 13.2. The number of amides is 2. The van der Waals surface area contributed by atoms with E-state index in [2.05, 4.69) is 10.3 Å². The maximum Gasteiger partial charge on any atom is 0.231 e. The molecule has 0 spiro atoms. The highest BCUT2D eigenvalue weighted by molar-refractivity contribution is 7.22. The Bertz CT molecular complexity index is 968. The number of fused-ring (bicyclic) bond motifs is 1. The van der Waals surface area contributed by atoms with Crippen molar-refractivity contribution in [1.82, 2.24) is 4.98 Å². The Labute approximate surface area is 160 Å². The predicted molar refractivity (Wildman–Crippen MR) is 106 cm³/mol. The van der Waals surface area contributed by atoms with Crippen LogP contribution in [-0.2, 0) is 9.59 Å². The second-order valence-corrected chi connectivity index (χ2v) is 7.31. The van der Waals surface area contributed by atoms with Crippen molar-refractivity contribution in [2.45, 2.75) is 13.3 Å². The quantitative estimate of drug-likeness (QED) is 0.732. The van der Waals surface area contributed by atoms with Crippen molar-refractivity contribution in [3.05, 3.63) is 48.5 Å². The van der Waals surface area contributed by atoms with Crippen molar-refractivity contribution in [2.75, 3.05) is 23.4 Å². The number of carbonyl (C=O) groups excluding carboxylic acids is 2. The predicted octanol–water partition coefficient (Wildman–Crippen LogP) is 3.69. The zero-order valence-electron chi connectivity index (χ0n) is 14.8. The largest absolute Gasteiger partial charge is 0.492 e.